The number of nitrogens with one attached hydrogen (secondary N) is 1. The fourth-order valence-corrected chi connectivity index (χ4v) is 1.55. The molecular weight excluding hydrogens is 274 g/mol. The smallest absolute Gasteiger partial charge is 0.312 e. The number of nitro groups is 1. The van der Waals surface area contributed by atoms with Gasteiger partial charge in [0.1, 0.15) is 0 Å². The van der Waals surface area contributed by atoms with Gasteiger partial charge in [-0.3, -0.25) is 14.9 Å². The Bertz CT molecular complexity index is 564. The van der Waals surface area contributed by atoms with Crippen LogP contribution in [-0.4, -0.2) is 24.0 Å². The van der Waals surface area contributed by atoms with Gasteiger partial charge in [-0.1, -0.05) is 13.8 Å². The van der Waals surface area contributed by atoms with Crippen LogP contribution in [0.4, 0.5) is 5.69 Å². The van der Waals surface area contributed by atoms with Crippen molar-refractivity contribution in [2.75, 3.05) is 13.2 Å². The maximum atomic E-state index is 11.5. The van der Waals surface area contributed by atoms with Gasteiger partial charge in [0, 0.05) is 12.6 Å². The molecule has 0 fully saturated rings. The van der Waals surface area contributed by atoms with Gasteiger partial charge in [0.25, 0.3) is 5.91 Å². The summed E-state index contributed by atoms with van der Waals surface area (Å²) in [6.07, 6.45) is 0.850. The van der Waals surface area contributed by atoms with E-state index in [0.717, 1.165) is 12.5 Å². The fourth-order valence-electron chi connectivity index (χ4n) is 1.55. The molecule has 0 saturated heterocycles. The van der Waals surface area contributed by atoms with E-state index in [4.69, 9.17) is 10.00 Å². The number of carbonyl (C=O) groups excluding carboxylic acids is 1. The number of benzene rings is 1. The predicted octanol–water partition coefficient (Wildman–Crippen LogP) is 2.01. The van der Waals surface area contributed by atoms with Gasteiger partial charge in [-0.25, -0.2) is 0 Å². The Labute approximate surface area is 122 Å². The van der Waals surface area contributed by atoms with Gasteiger partial charge in [0.2, 0.25) is 0 Å². The summed E-state index contributed by atoms with van der Waals surface area (Å²) >= 11 is 0. The molecule has 1 aromatic rings. The van der Waals surface area contributed by atoms with E-state index in [1.807, 2.05) is 19.9 Å². The molecule has 0 aliphatic carbocycles. The summed E-state index contributed by atoms with van der Waals surface area (Å²) in [5.74, 6) is 0.109. The molecule has 0 bridgehead atoms. The summed E-state index contributed by atoms with van der Waals surface area (Å²) in [6, 6.07) is 5.65. The Kier molecular flexibility index (Phi) is 6.14. The van der Waals surface area contributed by atoms with Gasteiger partial charge in [0.05, 0.1) is 16.6 Å². The molecule has 112 valence electrons. The summed E-state index contributed by atoms with van der Waals surface area (Å²) < 4.78 is 5.15. The molecule has 7 heteroatoms. The Morgan fingerprint density at radius 3 is 2.81 bits per heavy atom. The number of amides is 1. The fraction of sp³-hybridized carbons (Fsp3) is 0.429. The van der Waals surface area contributed by atoms with Crippen molar-refractivity contribution in [2.45, 2.75) is 20.3 Å². The van der Waals surface area contributed by atoms with Crippen molar-refractivity contribution >= 4 is 11.6 Å². The molecule has 0 radical (unpaired) electrons. The monoisotopic (exact) mass is 291 g/mol. The first kappa shape index (κ1) is 16.4. The van der Waals surface area contributed by atoms with Crippen LogP contribution in [0.25, 0.3) is 0 Å². The van der Waals surface area contributed by atoms with Gasteiger partial charge in [-0.2, -0.15) is 5.26 Å². The molecule has 0 unspecified atom stereocenters. The molecule has 0 aliphatic heterocycles. The zero-order chi connectivity index (χ0) is 15.8. The number of nitro benzene ring substituents is 1. The third-order valence-corrected chi connectivity index (χ3v) is 2.69. The van der Waals surface area contributed by atoms with Crippen molar-refractivity contribution in [1.82, 2.24) is 5.32 Å². The van der Waals surface area contributed by atoms with Crippen LogP contribution >= 0.6 is 0 Å². The number of ether oxygens (including phenoxy) is 1. The van der Waals surface area contributed by atoms with Crippen molar-refractivity contribution in [1.29, 1.82) is 5.26 Å². The Morgan fingerprint density at radius 1 is 1.52 bits per heavy atom. The summed E-state index contributed by atoms with van der Waals surface area (Å²) in [4.78, 5) is 21.8. The SMILES string of the molecule is CC(C)CCNC(=O)COc1ccc(C#N)cc1[N+](=O)[O-]. The lowest BCUT2D eigenvalue weighted by Gasteiger charge is -2.09. The quantitative estimate of drug-likeness (QED) is 0.611. The van der Waals surface area contributed by atoms with Gasteiger partial charge >= 0.3 is 5.69 Å². The summed E-state index contributed by atoms with van der Waals surface area (Å²) in [7, 11) is 0. The van der Waals surface area contributed by atoms with E-state index >= 15 is 0 Å². The zero-order valence-corrected chi connectivity index (χ0v) is 12.0. The number of carbonyl (C=O) groups is 1. The van der Waals surface area contributed by atoms with E-state index in [-0.39, 0.29) is 29.5 Å². The number of nitrogens with zero attached hydrogens (tertiary/aromatic N) is 2. The number of hydrogen-bond donors (Lipinski definition) is 1. The summed E-state index contributed by atoms with van der Waals surface area (Å²) in [5, 5.41) is 22.3. The Hall–Kier alpha value is -2.62. The van der Waals surface area contributed by atoms with Crippen LogP contribution < -0.4 is 10.1 Å². The van der Waals surface area contributed by atoms with Crippen LogP contribution in [0.1, 0.15) is 25.8 Å². The third kappa shape index (κ3) is 5.48. The topological polar surface area (TPSA) is 105 Å². The van der Waals surface area contributed by atoms with E-state index < -0.39 is 4.92 Å². The minimum atomic E-state index is -0.646. The Balaban J connectivity index is 2.61. The molecule has 7 nitrogen and oxygen atoms in total. The largest absolute Gasteiger partial charge is 0.477 e. The van der Waals surface area contributed by atoms with E-state index in [2.05, 4.69) is 5.32 Å². The van der Waals surface area contributed by atoms with E-state index in [1.54, 1.807) is 0 Å². The second kappa shape index (κ2) is 7.85. The molecule has 0 aliphatic rings. The highest BCUT2D eigenvalue weighted by atomic mass is 16.6. The molecule has 1 amide bonds. The van der Waals surface area contributed by atoms with E-state index in [9.17, 15) is 14.9 Å². The van der Waals surface area contributed by atoms with Crippen molar-refractivity contribution in [3.63, 3.8) is 0 Å². The lowest BCUT2D eigenvalue weighted by atomic mass is 10.1. The average Bonchev–Trinajstić information content (AvgIpc) is 2.44. The summed E-state index contributed by atoms with van der Waals surface area (Å²) in [5.41, 5.74) is -0.167. The molecule has 1 aromatic carbocycles. The first-order valence-corrected chi connectivity index (χ1v) is 6.52. The number of hydrogen-bond acceptors (Lipinski definition) is 5. The van der Waals surface area contributed by atoms with Gasteiger partial charge in [0.15, 0.2) is 12.4 Å². The highest BCUT2D eigenvalue weighted by Gasteiger charge is 2.17. The van der Waals surface area contributed by atoms with Crippen molar-refractivity contribution in [2.24, 2.45) is 5.92 Å². The summed E-state index contributed by atoms with van der Waals surface area (Å²) in [6.45, 7) is 4.33. The lowest BCUT2D eigenvalue weighted by molar-refractivity contribution is -0.385. The second-order valence-corrected chi connectivity index (χ2v) is 4.87. The third-order valence-electron chi connectivity index (χ3n) is 2.69. The molecule has 21 heavy (non-hydrogen) atoms. The lowest BCUT2D eigenvalue weighted by Crippen LogP contribution is -2.30. The zero-order valence-electron chi connectivity index (χ0n) is 12.0. The molecular formula is C14H17N3O4. The Morgan fingerprint density at radius 2 is 2.24 bits per heavy atom. The molecule has 1 rings (SSSR count). The highest BCUT2D eigenvalue weighted by molar-refractivity contribution is 5.77. The van der Waals surface area contributed by atoms with E-state index in [0.29, 0.717) is 12.5 Å². The van der Waals surface area contributed by atoms with Crippen molar-refractivity contribution < 1.29 is 14.5 Å². The molecule has 0 aromatic heterocycles. The van der Waals surface area contributed by atoms with Crippen LogP contribution in [-0.2, 0) is 4.79 Å². The normalized spacial score (nSPS) is 10.0. The maximum Gasteiger partial charge on any atom is 0.312 e. The molecule has 0 saturated carbocycles. The van der Waals surface area contributed by atoms with Crippen LogP contribution in [0.3, 0.4) is 0 Å². The highest BCUT2D eigenvalue weighted by Crippen LogP contribution is 2.27. The van der Waals surface area contributed by atoms with Crippen molar-refractivity contribution in [3.05, 3.63) is 33.9 Å². The average molecular weight is 291 g/mol. The van der Waals surface area contributed by atoms with Crippen LogP contribution in [0.2, 0.25) is 0 Å². The molecule has 0 spiro atoms. The van der Waals surface area contributed by atoms with Crippen molar-refractivity contribution in [3.8, 4) is 11.8 Å². The molecule has 1 N–H and O–H groups in total. The van der Waals surface area contributed by atoms with E-state index in [1.165, 1.54) is 12.1 Å². The number of nitriles is 1. The van der Waals surface area contributed by atoms with Crippen LogP contribution in [0.5, 0.6) is 5.75 Å². The first-order chi connectivity index (χ1) is 9.93. The number of rotatable bonds is 7. The van der Waals surface area contributed by atoms with Crippen LogP contribution in [0, 0.1) is 27.4 Å². The van der Waals surface area contributed by atoms with Gasteiger partial charge in [-0.15, -0.1) is 0 Å². The standard InChI is InChI=1S/C14H17N3O4/c1-10(2)5-6-16-14(18)9-21-13-4-3-11(8-15)7-12(13)17(19)20/h3-4,7,10H,5-6,9H2,1-2H3,(H,16,18). The van der Waals surface area contributed by atoms with Crippen LogP contribution in [0.15, 0.2) is 18.2 Å². The second-order valence-electron chi connectivity index (χ2n) is 4.87. The molecule has 0 atom stereocenters. The predicted molar refractivity (Wildman–Crippen MR) is 75.8 cm³/mol. The minimum Gasteiger partial charge on any atom is -0.477 e. The maximum absolute atomic E-state index is 11.5. The van der Waals surface area contributed by atoms with Gasteiger partial charge in [-0.05, 0) is 24.5 Å². The van der Waals surface area contributed by atoms with Gasteiger partial charge < -0.3 is 10.1 Å². The molecule has 0 heterocycles. The minimum absolute atomic E-state index is 0.0296. The first-order valence-electron chi connectivity index (χ1n) is 6.52.